The number of ether oxygens (including phenoxy) is 1. The molecule has 0 fully saturated rings. The van der Waals surface area contributed by atoms with Gasteiger partial charge in [-0.15, -0.1) is 0 Å². The lowest BCUT2D eigenvalue weighted by atomic mass is 9.95. The van der Waals surface area contributed by atoms with Crippen LogP contribution in [-0.2, 0) is 6.54 Å². The van der Waals surface area contributed by atoms with Gasteiger partial charge in [-0.05, 0) is 47.0 Å². The second kappa shape index (κ2) is 6.96. The maximum absolute atomic E-state index is 12.6. The molecule has 1 heterocycles. The fourth-order valence-electron chi connectivity index (χ4n) is 3.28. The zero-order chi connectivity index (χ0) is 18.8. The van der Waals surface area contributed by atoms with E-state index in [1.54, 1.807) is 37.4 Å². The average Bonchev–Trinajstić information content (AvgIpc) is 3.11. The lowest BCUT2D eigenvalue weighted by molar-refractivity contribution is 0.0966. The number of carbonyl (C=O) groups excluding carboxylic acids is 2. The third-order valence-corrected chi connectivity index (χ3v) is 4.65. The summed E-state index contributed by atoms with van der Waals surface area (Å²) < 4.78 is 5.11. The van der Waals surface area contributed by atoms with E-state index >= 15 is 0 Å². The number of carbonyl (C=O) groups is 2. The molecule has 27 heavy (non-hydrogen) atoms. The Balaban J connectivity index is 1.68. The predicted octanol–water partition coefficient (Wildman–Crippen LogP) is 3.86. The molecule has 0 unspecified atom stereocenters. The summed E-state index contributed by atoms with van der Waals surface area (Å²) in [6.07, 6.45) is 0. The van der Waals surface area contributed by atoms with Gasteiger partial charge in [0.2, 0.25) is 0 Å². The van der Waals surface area contributed by atoms with Crippen molar-refractivity contribution in [1.29, 1.82) is 0 Å². The number of hydrogen-bond donors (Lipinski definition) is 2. The van der Waals surface area contributed by atoms with Crippen LogP contribution in [0.5, 0.6) is 5.75 Å². The molecule has 0 radical (unpaired) electrons. The molecule has 0 saturated carbocycles. The highest BCUT2D eigenvalue weighted by Gasteiger charge is 2.26. The summed E-state index contributed by atoms with van der Waals surface area (Å²) in [5.41, 5.74) is 4.47. The molecule has 0 aromatic heterocycles. The number of nitrogens with one attached hydrogen (secondary N) is 2. The van der Waals surface area contributed by atoms with E-state index in [4.69, 9.17) is 4.74 Å². The Morgan fingerprint density at radius 2 is 1.74 bits per heavy atom. The number of hydrogen-bond acceptors (Lipinski definition) is 3. The number of rotatable bonds is 4. The van der Waals surface area contributed by atoms with Gasteiger partial charge in [0, 0.05) is 12.1 Å². The van der Waals surface area contributed by atoms with E-state index in [-0.39, 0.29) is 11.8 Å². The molecule has 0 saturated heterocycles. The number of amides is 2. The van der Waals surface area contributed by atoms with Crippen LogP contribution in [0.15, 0.2) is 66.7 Å². The van der Waals surface area contributed by atoms with Gasteiger partial charge in [0.25, 0.3) is 11.8 Å². The van der Waals surface area contributed by atoms with Crippen molar-refractivity contribution in [2.45, 2.75) is 6.54 Å². The molecular weight excluding hydrogens is 340 g/mol. The summed E-state index contributed by atoms with van der Waals surface area (Å²) in [6, 6.07) is 20.5. The molecule has 2 amide bonds. The lowest BCUT2D eigenvalue weighted by Gasteiger charge is -2.13. The highest BCUT2D eigenvalue weighted by Crippen LogP contribution is 2.34. The predicted molar refractivity (Wildman–Crippen MR) is 104 cm³/mol. The van der Waals surface area contributed by atoms with Crippen molar-refractivity contribution in [1.82, 2.24) is 5.32 Å². The van der Waals surface area contributed by atoms with Crippen LogP contribution >= 0.6 is 0 Å². The number of anilines is 1. The van der Waals surface area contributed by atoms with Gasteiger partial charge in [0.15, 0.2) is 0 Å². The standard InChI is InChI=1S/C22H18N2O3/c1-27-16-9-7-15(8-10-16)21(25)24-19-12-11-17(14-5-3-2-4-6-14)18-13-23-22(26)20(18)19/h2-12H,13H2,1H3,(H,23,26)(H,24,25). The van der Waals surface area contributed by atoms with Crippen LogP contribution in [0.1, 0.15) is 26.3 Å². The molecule has 5 nitrogen and oxygen atoms in total. The maximum atomic E-state index is 12.6. The van der Waals surface area contributed by atoms with Crippen LogP contribution in [0.25, 0.3) is 11.1 Å². The Morgan fingerprint density at radius 3 is 2.44 bits per heavy atom. The lowest BCUT2D eigenvalue weighted by Crippen LogP contribution is -2.17. The van der Waals surface area contributed by atoms with Crippen molar-refractivity contribution in [3.05, 3.63) is 83.4 Å². The molecule has 134 valence electrons. The van der Waals surface area contributed by atoms with Crippen molar-refractivity contribution in [3.8, 4) is 16.9 Å². The van der Waals surface area contributed by atoms with E-state index in [1.807, 2.05) is 36.4 Å². The summed E-state index contributed by atoms with van der Waals surface area (Å²) in [6.45, 7) is 0.449. The summed E-state index contributed by atoms with van der Waals surface area (Å²) in [4.78, 5) is 25.0. The maximum Gasteiger partial charge on any atom is 0.255 e. The van der Waals surface area contributed by atoms with E-state index in [0.717, 1.165) is 16.7 Å². The third kappa shape index (κ3) is 3.15. The Morgan fingerprint density at radius 1 is 1.00 bits per heavy atom. The number of methoxy groups -OCH3 is 1. The largest absolute Gasteiger partial charge is 0.497 e. The molecule has 0 aliphatic carbocycles. The third-order valence-electron chi connectivity index (χ3n) is 4.65. The Bertz CT molecular complexity index is 1010. The van der Waals surface area contributed by atoms with Crippen molar-refractivity contribution >= 4 is 17.5 Å². The molecule has 3 aromatic carbocycles. The zero-order valence-corrected chi connectivity index (χ0v) is 14.8. The van der Waals surface area contributed by atoms with Crippen LogP contribution in [0.3, 0.4) is 0 Å². The van der Waals surface area contributed by atoms with Gasteiger partial charge in [-0.25, -0.2) is 0 Å². The summed E-state index contributed by atoms with van der Waals surface area (Å²) in [5.74, 6) is 0.235. The average molecular weight is 358 g/mol. The zero-order valence-electron chi connectivity index (χ0n) is 14.8. The number of fused-ring (bicyclic) bond motifs is 1. The van der Waals surface area contributed by atoms with Crippen LogP contribution in [-0.4, -0.2) is 18.9 Å². The first-order valence-electron chi connectivity index (χ1n) is 8.62. The van der Waals surface area contributed by atoms with Crippen molar-refractivity contribution in [2.75, 3.05) is 12.4 Å². The van der Waals surface area contributed by atoms with E-state index in [9.17, 15) is 9.59 Å². The Labute approximate surface area is 157 Å². The van der Waals surface area contributed by atoms with Gasteiger partial charge < -0.3 is 15.4 Å². The van der Waals surface area contributed by atoms with Gasteiger partial charge in [-0.1, -0.05) is 36.4 Å². The molecule has 1 aliphatic heterocycles. The first-order chi connectivity index (χ1) is 13.2. The van der Waals surface area contributed by atoms with Crippen molar-refractivity contribution < 1.29 is 14.3 Å². The van der Waals surface area contributed by atoms with Crippen molar-refractivity contribution in [3.63, 3.8) is 0 Å². The van der Waals surface area contributed by atoms with Gasteiger partial charge in [0.1, 0.15) is 5.75 Å². The molecule has 0 bridgehead atoms. The van der Waals surface area contributed by atoms with Gasteiger partial charge in [-0.2, -0.15) is 0 Å². The van der Waals surface area contributed by atoms with Crippen LogP contribution in [0.2, 0.25) is 0 Å². The molecular formula is C22H18N2O3. The second-order valence-electron chi connectivity index (χ2n) is 6.25. The van der Waals surface area contributed by atoms with Crippen LogP contribution in [0, 0.1) is 0 Å². The van der Waals surface area contributed by atoms with Gasteiger partial charge >= 0.3 is 0 Å². The smallest absolute Gasteiger partial charge is 0.255 e. The molecule has 2 N–H and O–H groups in total. The highest BCUT2D eigenvalue weighted by molar-refractivity contribution is 6.11. The van der Waals surface area contributed by atoms with Crippen molar-refractivity contribution in [2.24, 2.45) is 0 Å². The minimum Gasteiger partial charge on any atom is -0.497 e. The summed E-state index contributed by atoms with van der Waals surface area (Å²) >= 11 is 0. The fraction of sp³-hybridized carbons (Fsp3) is 0.0909. The number of benzene rings is 3. The van der Waals surface area contributed by atoms with E-state index in [1.165, 1.54) is 0 Å². The molecule has 5 heteroatoms. The van der Waals surface area contributed by atoms with E-state index in [2.05, 4.69) is 10.6 Å². The van der Waals surface area contributed by atoms with Gasteiger partial charge in [0.05, 0.1) is 18.4 Å². The molecule has 1 aliphatic rings. The molecule has 3 aromatic rings. The molecule has 0 spiro atoms. The minimum atomic E-state index is -0.271. The summed E-state index contributed by atoms with van der Waals surface area (Å²) in [5, 5.41) is 5.72. The first kappa shape index (κ1) is 16.8. The van der Waals surface area contributed by atoms with Gasteiger partial charge in [-0.3, -0.25) is 9.59 Å². The van der Waals surface area contributed by atoms with E-state index in [0.29, 0.717) is 29.1 Å². The first-order valence-corrected chi connectivity index (χ1v) is 8.62. The Hall–Kier alpha value is -3.60. The minimum absolute atomic E-state index is 0.173. The van der Waals surface area contributed by atoms with E-state index < -0.39 is 0 Å². The Kier molecular flexibility index (Phi) is 4.34. The molecule has 0 atom stereocenters. The second-order valence-corrected chi connectivity index (χ2v) is 6.25. The van der Waals surface area contributed by atoms with Crippen LogP contribution in [0.4, 0.5) is 5.69 Å². The SMILES string of the molecule is COc1ccc(C(=O)Nc2ccc(-c3ccccc3)c3c2C(=O)NC3)cc1. The normalized spacial score (nSPS) is 12.3. The quantitative estimate of drug-likeness (QED) is 0.744. The monoisotopic (exact) mass is 358 g/mol. The molecule has 4 rings (SSSR count). The topological polar surface area (TPSA) is 67.4 Å². The fourth-order valence-corrected chi connectivity index (χ4v) is 3.28. The van der Waals surface area contributed by atoms with Crippen LogP contribution < -0.4 is 15.4 Å². The summed E-state index contributed by atoms with van der Waals surface area (Å²) in [7, 11) is 1.57. The highest BCUT2D eigenvalue weighted by atomic mass is 16.5.